The van der Waals surface area contributed by atoms with Crippen LogP contribution in [0.3, 0.4) is 0 Å². The first-order valence-electron chi connectivity index (χ1n) is 10.1. The molecule has 0 atom stereocenters. The number of hydrogen-bond acceptors (Lipinski definition) is 6. The maximum atomic E-state index is 12.3. The number of nitrogens with one attached hydrogen (secondary N) is 1. The van der Waals surface area contributed by atoms with Gasteiger partial charge in [0.25, 0.3) is 11.6 Å². The maximum Gasteiger partial charge on any atom is 0.338 e. The van der Waals surface area contributed by atoms with Crippen LogP contribution in [0.2, 0.25) is 0 Å². The van der Waals surface area contributed by atoms with Gasteiger partial charge in [0.05, 0.1) is 10.5 Å². The van der Waals surface area contributed by atoms with Crippen molar-refractivity contribution < 1.29 is 19.2 Å². The summed E-state index contributed by atoms with van der Waals surface area (Å²) in [4.78, 5) is 37.2. The van der Waals surface area contributed by atoms with Crippen molar-refractivity contribution in [3.05, 3.63) is 69.8 Å². The van der Waals surface area contributed by atoms with E-state index in [1.54, 1.807) is 6.07 Å². The van der Waals surface area contributed by atoms with Crippen molar-refractivity contribution in [1.82, 2.24) is 5.32 Å². The Labute approximate surface area is 175 Å². The lowest BCUT2D eigenvalue weighted by Gasteiger charge is -2.28. The van der Waals surface area contributed by atoms with E-state index < -0.39 is 23.4 Å². The SMILES string of the molecule is O=C(COC(=O)c1ccc(N2CCCCC2)c([N+](=O)[O-])c1)NCCc1ccccc1. The predicted octanol–water partition coefficient (Wildman–Crippen LogP) is 3.10. The van der Waals surface area contributed by atoms with Crippen LogP contribution in [-0.2, 0) is 16.0 Å². The summed E-state index contributed by atoms with van der Waals surface area (Å²) < 4.78 is 5.03. The number of esters is 1. The quantitative estimate of drug-likeness (QED) is 0.407. The second-order valence-electron chi connectivity index (χ2n) is 7.17. The molecule has 1 aliphatic rings. The maximum absolute atomic E-state index is 12.3. The first-order chi connectivity index (χ1) is 14.5. The molecule has 8 nitrogen and oxygen atoms in total. The van der Waals surface area contributed by atoms with E-state index in [4.69, 9.17) is 4.74 Å². The number of carbonyl (C=O) groups excluding carboxylic acids is 2. The standard InChI is InChI=1S/C22H25N3O5/c26-21(23-12-11-17-7-3-1-4-8-17)16-30-22(27)18-9-10-19(20(15-18)25(28)29)24-13-5-2-6-14-24/h1,3-4,7-10,15H,2,5-6,11-14,16H2,(H,23,26). The molecule has 0 spiro atoms. The summed E-state index contributed by atoms with van der Waals surface area (Å²) in [6.45, 7) is 1.51. The molecule has 1 fully saturated rings. The lowest BCUT2D eigenvalue weighted by atomic mass is 10.1. The van der Waals surface area contributed by atoms with E-state index in [1.807, 2.05) is 35.2 Å². The molecule has 0 saturated carbocycles. The van der Waals surface area contributed by atoms with Crippen molar-refractivity contribution in [3.63, 3.8) is 0 Å². The number of nitro groups is 1. The van der Waals surface area contributed by atoms with Gasteiger partial charge in [-0.3, -0.25) is 14.9 Å². The van der Waals surface area contributed by atoms with Crippen LogP contribution in [0.25, 0.3) is 0 Å². The molecule has 1 N–H and O–H groups in total. The van der Waals surface area contributed by atoms with Gasteiger partial charge in [0.1, 0.15) is 5.69 Å². The van der Waals surface area contributed by atoms with E-state index in [0.29, 0.717) is 18.7 Å². The molecule has 2 aromatic carbocycles. The third-order valence-corrected chi connectivity index (χ3v) is 5.02. The minimum absolute atomic E-state index is 0.0551. The van der Waals surface area contributed by atoms with Gasteiger partial charge in [-0.1, -0.05) is 30.3 Å². The fourth-order valence-electron chi connectivity index (χ4n) is 3.46. The second kappa shape index (κ2) is 10.4. The molecule has 8 heteroatoms. The molecule has 1 amide bonds. The molecular weight excluding hydrogens is 386 g/mol. The van der Waals surface area contributed by atoms with Crippen molar-refractivity contribution in [2.45, 2.75) is 25.7 Å². The highest BCUT2D eigenvalue weighted by molar-refractivity contribution is 5.93. The summed E-state index contributed by atoms with van der Waals surface area (Å²) in [7, 11) is 0. The van der Waals surface area contributed by atoms with Crippen LogP contribution in [0.1, 0.15) is 35.2 Å². The van der Waals surface area contributed by atoms with Crippen LogP contribution < -0.4 is 10.2 Å². The van der Waals surface area contributed by atoms with Crippen LogP contribution >= 0.6 is 0 Å². The Morgan fingerprint density at radius 3 is 2.50 bits per heavy atom. The molecule has 0 bridgehead atoms. The Kier molecular flexibility index (Phi) is 7.37. The molecule has 158 valence electrons. The van der Waals surface area contributed by atoms with Gasteiger partial charge in [-0.2, -0.15) is 0 Å². The molecule has 1 saturated heterocycles. The van der Waals surface area contributed by atoms with Gasteiger partial charge in [0.15, 0.2) is 6.61 Å². The predicted molar refractivity (Wildman–Crippen MR) is 113 cm³/mol. The molecule has 0 radical (unpaired) electrons. The average Bonchev–Trinajstić information content (AvgIpc) is 2.78. The monoisotopic (exact) mass is 411 g/mol. The van der Waals surface area contributed by atoms with E-state index in [2.05, 4.69) is 5.32 Å². The van der Waals surface area contributed by atoms with Crippen molar-refractivity contribution in [1.29, 1.82) is 0 Å². The van der Waals surface area contributed by atoms with E-state index in [0.717, 1.165) is 37.9 Å². The van der Waals surface area contributed by atoms with Gasteiger partial charge in [0, 0.05) is 25.7 Å². The zero-order valence-corrected chi connectivity index (χ0v) is 16.7. The Bertz CT molecular complexity index is 895. The van der Waals surface area contributed by atoms with Crippen molar-refractivity contribution in [3.8, 4) is 0 Å². The minimum Gasteiger partial charge on any atom is -0.452 e. The van der Waals surface area contributed by atoms with Gasteiger partial charge < -0.3 is 15.0 Å². The zero-order valence-electron chi connectivity index (χ0n) is 16.7. The number of benzene rings is 2. The summed E-state index contributed by atoms with van der Waals surface area (Å²) in [5.74, 6) is -1.18. The third-order valence-electron chi connectivity index (χ3n) is 5.02. The Hall–Kier alpha value is -3.42. The van der Waals surface area contributed by atoms with E-state index in [1.165, 1.54) is 12.1 Å². The van der Waals surface area contributed by atoms with E-state index in [9.17, 15) is 19.7 Å². The molecular formula is C22H25N3O5. The zero-order chi connectivity index (χ0) is 21.3. The molecule has 2 aromatic rings. The molecule has 0 aromatic heterocycles. The van der Waals surface area contributed by atoms with Gasteiger partial charge in [-0.15, -0.1) is 0 Å². The Morgan fingerprint density at radius 1 is 1.07 bits per heavy atom. The average molecular weight is 411 g/mol. The van der Waals surface area contributed by atoms with Crippen LogP contribution in [-0.4, -0.2) is 43.0 Å². The lowest BCUT2D eigenvalue weighted by molar-refractivity contribution is -0.384. The normalized spacial score (nSPS) is 13.5. The molecule has 1 aliphatic heterocycles. The Balaban J connectivity index is 1.53. The lowest BCUT2D eigenvalue weighted by Crippen LogP contribution is -2.31. The van der Waals surface area contributed by atoms with Crippen molar-refractivity contribution in [2.24, 2.45) is 0 Å². The first-order valence-corrected chi connectivity index (χ1v) is 10.1. The fourth-order valence-corrected chi connectivity index (χ4v) is 3.46. The van der Waals surface area contributed by atoms with Crippen LogP contribution in [0.4, 0.5) is 11.4 Å². The topological polar surface area (TPSA) is 102 Å². The van der Waals surface area contributed by atoms with Crippen LogP contribution in [0.15, 0.2) is 48.5 Å². The van der Waals surface area contributed by atoms with Crippen LogP contribution in [0, 0.1) is 10.1 Å². The van der Waals surface area contributed by atoms with Gasteiger partial charge in [-0.05, 0) is 43.4 Å². The highest BCUT2D eigenvalue weighted by Gasteiger charge is 2.23. The molecule has 30 heavy (non-hydrogen) atoms. The molecule has 0 unspecified atom stereocenters. The number of rotatable bonds is 8. The van der Waals surface area contributed by atoms with Gasteiger partial charge in [0.2, 0.25) is 0 Å². The second-order valence-corrected chi connectivity index (χ2v) is 7.17. The van der Waals surface area contributed by atoms with Crippen molar-refractivity contribution >= 4 is 23.3 Å². The minimum atomic E-state index is -0.762. The molecule has 0 aliphatic carbocycles. The number of piperidine rings is 1. The van der Waals surface area contributed by atoms with Crippen LogP contribution in [0.5, 0.6) is 0 Å². The first kappa shape index (κ1) is 21.3. The number of ether oxygens (including phenoxy) is 1. The summed E-state index contributed by atoms with van der Waals surface area (Å²) >= 11 is 0. The summed E-state index contributed by atoms with van der Waals surface area (Å²) in [5.41, 5.74) is 1.53. The molecule has 1 heterocycles. The van der Waals surface area contributed by atoms with Gasteiger partial charge in [-0.25, -0.2) is 4.79 Å². The molecule has 3 rings (SSSR count). The Morgan fingerprint density at radius 2 is 1.80 bits per heavy atom. The number of carbonyl (C=O) groups is 2. The van der Waals surface area contributed by atoms with E-state index in [-0.39, 0.29) is 11.3 Å². The number of nitrogens with zero attached hydrogens (tertiary/aromatic N) is 2. The highest BCUT2D eigenvalue weighted by atomic mass is 16.6. The van der Waals surface area contributed by atoms with Gasteiger partial charge >= 0.3 is 5.97 Å². The summed E-state index contributed by atoms with van der Waals surface area (Å²) in [6.07, 6.45) is 3.76. The summed E-state index contributed by atoms with van der Waals surface area (Å²) in [5, 5.41) is 14.2. The number of nitro benzene ring substituents is 1. The largest absolute Gasteiger partial charge is 0.452 e. The van der Waals surface area contributed by atoms with Crippen molar-refractivity contribution in [2.75, 3.05) is 31.1 Å². The third kappa shape index (κ3) is 5.79. The highest BCUT2D eigenvalue weighted by Crippen LogP contribution is 2.31. The summed E-state index contributed by atoms with van der Waals surface area (Å²) in [6, 6.07) is 14.0. The van der Waals surface area contributed by atoms with E-state index >= 15 is 0 Å². The number of amides is 1. The number of hydrogen-bond donors (Lipinski definition) is 1. The fraction of sp³-hybridized carbons (Fsp3) is 0.364. The number of anilines is 1. The smallest absolute Gasteiger partial charge is 0.338 e.